The van der Waals surface area contributed by atoms with Crippen LogP contribution in [0.2, 0.25) is 0 Å². The summed E-state index contributed by atoms with van der Waals surface area (Å²) < 4.78 is 1.55. The number of alkyl halides is 1. The summed E-state index contributed by atoms with van der Waals surface area (Å²) in [7, 11) is 1.74. The Hall–Kier alpha value is -1.03. The average Bonchev–Trinajstić information content (AvgIpc) is 2.24. The molecule has 15 heavy (non-hydrogen) atoms. The van der Waals surface area contributed by atoms with Gasteiger partial charge < -0.3 is 9.47 Å². The Bertz CT molecular complexity index is 396. The predicted molar refractivity (Wildman–Crippen MR) is 60.6 cm³/mol. The molecule has 0 N–H and O–H groups in total. The van der Waals surface area contributed by atoms with Crippen molar-refractivity contribution in [2.24, 2.45) is 7.05 Å². The van der Waals surface area contributed by atoms with Gasteiger partial charge in [-0.25, -0.2) is 4.98 Å². The molecule has 1 aromatic heterocycles. The van der Waals surface area contributed by atoms with Crippen LogP contribution < -0.4 is 10.5 Å². The second-order valence-electron chi connectivity index (χ2n) is 3.83. The number of aromatic nitrogens is 2. The zero-order valence-electron chi connectivity index (χ0n) is 8.69. The molecule has 0 radical (unpaired) electrons. The van der Waals surface area contributed by atoms with Gasteiger partial charge in [-0.3, -0.25) is 4.79 Å². The first-order chi connectivity index (χ1) is 7.18. The van der Waals surface area contributed by atoms with Crippen molar-refractivity contribution in [3.8, 4) is 0 Å². The van der Waals surface area contributed by atoms with Crippen molar-refractivity contribution in [1.82, 2.24) is 9.55 Å². The summed E-state index contributed by atoms with van der Waals surface area (Å²) in [4.78, 5) is 17.9. The lowest BCUT2D eigenvalue weighted by atomic mass is 10.1. The number of nitrogens with zero attached hydrogens (tertiary/aromatic N) is 3. The number of aryl methyl sites for hydroxylation is 1. The summed E-state index contributed by atoms with van der Waals surface area (Å²) in [6.45, 7) is 1.64. The summed E-state index contributed by atoms with van der Waals surface area (Å²) >= 11 is 6.01. The minimum Gasteiger partial charge on any atom is -0.352 e. The molecule has 2 heterocycles. The van der Waals surface area contributed by atoms with E-state index in [1.54, 1.807) is 24.0 Å². The summed E-state index contributed by atoms with van der Waals surface area (Å²) in [6.07, 6.45) is 5.16. The standard InChI is InChI=1S/C10H14ClN3O/c1-13-7-4-12-9(10(13)15)14-5-2-8(11)3-6-14/h4,7-8H,2-3,5-6H2,1H3. The molecular weight excluding hydrogens is 214 g/mol. The van der Waals surface area contributed by atoms with Gasteiger partial charge in [-0.15, -0.1) is 11.6 Å². The van der Waals surface area contributed by atoms with E-state index in [0.29, 0.717) is 5.82 Å². The summed E-state index contributed by atoms with van der Waals surface area (Å²) in [5.41, 5.74) is -0.0366. The smallest absolute Gasteiger partial charge is 0.293 e. The molecule has 1 saturated heterocycles. The maximum absolute atomic E-state index is 11.8. The fourth-order valence-electron chi connectivity index (χ4n) is 1.76. The highest BCUT2D eigenvalue weighted by Gasteiger charge is 2.20. The van der Waals surface area contributed by atoms with Gasteiger partial charge in [-0.1, -0.05) is 0 Å². The van der Waals surface area contributed by atoms with Crippen molar-refractivity contribution in [3.05, 3.63) is 22.7 Å². The molecule has 0 aromatic carbocycles. The van der Waals surface area contributed by atoms with Gasteiger partial charge in [0.2, 0.25) is 0 Å². The second-order valence-corrected chi connectivity index (χ2v) is 4.45. The van der Waals surface area contributed by atoms with E-state index in [9.17, 15) is 4.79 Å². The van der Waals surface area contributed by atoms with Gasteiger partial charge in [0.1, 0.15) is 0 Å². The zero-order chi connectivity index (χ0) is 10.8. The van der Waals surface area contributed by atoms with Crippen molar-refractivity contribution in [3.63, 3.8) is 0 Å². The van der Waals surface area contributed by atoms with Gasteiger partial charge in [0.05, 0.1) is 0 Å². The Morgan fingerprint density at radius 2 is 2.13 bits per heavy atom. The molecule has 0 atom stereocenters. The molecule has 2 rings (SSSR count). The van der Waals surface area contributed by atoms with Crippen LogP contribution in [-0.4, -0.2) is 28.0 Å². The molecule has 0 bridgehead atoms. The van der Waals surface area contributed by atoms with Crippen LogP contribution in [0.4, 0.5) is 5.82 Å². The van der Waals surface area contributed by atoms with Crippen LogP contribution in [0.25, 0.3) is 0 Å². The number of piperidine rings is 1. The SMILES string of the molecule is Cn1ccnc(N2CCC(Cl)CC2)c1=O. The monoisotopic (exact) mass is 227 g/mol. The minimum atomic E-state index is -0.0366. The fourth-order valence-corrected chi connectivity index (χ4v) is 1.96. The zero-order valence-corrected chi connectivity index (χ0v) is 9.44. The lowest BCUT2D eigenvalue weighted by molar-refractivity contribution is 0.575. The van der Waals surface area contributed by atoms with Crippen molar-refractivity contribution in [1.29, 1.82) is 0 Å². The molecule has 0 amide bonds. The van der Waals surface area contributed by atoms with Gasteiger partial charge in [0.25, 0.3) is 5.56 Å². The molecule has 0 aliphatic carbocycles. The molecule has 4 nitrogen and oxygen atoms in total. The van der Waals surface area contributed by atoms with E-state index >= 15 is 0 Å². The van der Waals surface area contributed by atoms with E-state index in [-0.39, 0.29) is 10.9 Å². The van der Waals surface area contributed by atoms with Crippen LogP contribution in [0.1, 0.15) is 12.8 Å². The van der Waals surface area contributed by atoms with Gasteiger partial charge in [-0.2, -0.15) is 0 Å². The minimum absolute atomic E-state index is 0.0366. The van der Waals surface area contributed by atoms with Crippen molar-refractivity contribution in [2.45, 2.75) is 18.2 Å². The molecule has 5 heteroatoms. The molecule has 0 unspecified atom stereocenters. The molecule has 1 fully saturated rings. The van der Waals surface area contributed by atoms with Gasteiger partial charge in [-0.05, 0) is 12.8 Å². The second kappa shape index (κ2) is 4.23. The molecule has 1 aliphatic rings. The van der Waals surface area contributed by atoms with Crippen molar-refractivity contribution < 1.29 is 0 Å². The number of rotatable bonds is 1. The number of hydrogen-bond donors (Lipinski definition) is 0. The van der Waals surface area contributed by atoms with Crippen LogP contribution in [-0.2, 0) is 7.05 Å². The first-order valence-electron chi connectivity index (χ1n) is 5.09. The van der Waals surface area contributed by atoms with E-state index in [1.165, 1.54) is 0 Å². The Kier molecular flexibility index (Phi) is 2.95. The van der Waals surface area contributed by atoms with Crippen LogP contribution in [0.15, 0.2) is 17.2 Å². The Labute approximate surface area is 93.5 Å². The molecule has 82 valence electrons. The topological polar surface area (TPSA) is 38.1 Å². The predicted octanol–water partition coefficient (Wildman–Crippen LogP) is 0.988. The Morgan fingerprint density at radius 3 is 2.80 bits per heavy atom. The summed E-state index contributed by atoms with van der Waals surface area (Å²) in [5.74, 6) is 0.545. The highest BCUT2D eigenvalue weighted by molar-refractivity contribution is 6.20. The van der Waals surface area contributed by atoms with E-state index in [0.717, 1.165) is 25.9 Å². The first kappa shape index (κ1) is 10.5. The maximum atomic E-state index is 11.8. The highest BCUT2D eigenvalue weighted by atomic mass is 35.5. The molecule has 0 saturated carbocycles. The first-order valence-corrected chi connectivity index (χ1v) is 5.53. The molecular formula is C10H14ClN3O. The van der Waals surface area contributed by atoms with Crippen LogP contribution in [0.5, 0.6) is 0 Å². The van der Waals surface area contributed by atoms with E-state index < -0.39 is 0 Å². The van der Waals surface area contributed by atoms with Gasteiger partial charge in [0.15, 0.2) is 5.82 Å². The van der Waals surface area contributed by atoms with Gasteiger partial charge in [0, 0.05) is 37.9 Å². The normalized spacial score (nSPS) is 18.1. The van der Waals surface area contributed by atoms with Crippen molar-refractivity contribution >= 4 is 17.4 Å². The molecule has 1 aromatic rings. The third-order valence-corrected chi connectivity index (χ3v) is 3.16. The number of anilines is 1. The lowest BCUT2D eigenvalue weighted by Crippen LogP contribution is -2.39. The van der Waals surface area contributed by atoms with Crippen molar-refractivity contribution in [2.75, 3.05) is 18.0 Å². The Morgan fingerprint density at radius 1 is 1.47 bits per heavy atom. The highest BCUT2D eigenvalue weighted by Crippen LogP contribution is 2.18. The van der Waals surface area contributed by atoms with E-state index in [2.05, 4.69) is 4.98 Å². The van der Waals surface area contributed by atoms with Gasteiger partial charge >= 0.3 is 0 Å². The summed E-state index contributed by atoms with van der Waals surface area (Å²) in [5, 5.41) is 0.244. The molecule has 1 aliphatic heterocycles. The van der Waals surface area contributed by atoms with Crippen LogP contribution in [0, 0.1) is 0 Å². The van der Waals surface area contributed by atoms with E-state index in [1.807, 2.05) is 4.90 Å². The largest absolute Gasteiger partial charge is 0.352 e. The fraction of sp³-hybridized carbons (Fsp3) is 0.600. The maximum Gasteiger partial charge on any atom is 0.293 e. The average molecular weight is 228 g/mol. The Balaban J connectivity index is 2.23. The third kappa shape index (κ3) is 2.15. The number of hydrogen-bond acceptors (Lipinski definition) is 3. The summed E-state index contributed by atoms with van der Waals surface area (Å²) in [6, 6.07) is 0. The van der Waals surface area contributed by atoms with Crippen LogP contribution in [0.3, 0.4) is 0 Å². The third-order valence-electron chi connectivity index (χ3n) is 2.72. The lowest BCUT2D eigenvalue weighted by Gasteiger charge is -2.29. The van der Waals surface area contributed by atoms with E-state index in [4.69, 9.17) is 11.6 Å². The molecule has 0 spiro atoms. The van der Waals surface area contributed by atoms with Crippen LogP contribution >= 0.6 is 11.6 Å². The quantitative estimate of drug-likeness (QED) is 0.672. The number of halogens is 1.